The molecule has 0 aromatic heterocycles. The third-order valence-electron chi connectivity index (χ3n) is 2.49. The molecule has 0 spiro atoms. The standard InChI is InChI=1S/C15H15NOS/c17-15(16-14-9-5-2-6-10-14)18-12-11-13-7-3-1-4-8-13/h1-10H,11-12H2,(H,16,17). The Bertz CT molecular complexity index is 484. The van der Waals surface area contributed by atoms with E-state index in [1.165, 1.54) is 17.3 Å². The molecule has 0 radical (unpaired) electrons. The Morgan fingerprint density at radius 2 is 1.56 bits per heavy atom. The second-order valence-electron chi connectivity index (χ2n) is 3.86. The maximum Gasteiger partial charge on any atom is 0.283 e. The van der Waals surface area contributed by atoms with Crippen molar-refractivity contribution in [3.05, 3.63) is 66.2 Å². The van der Waals surface area contributed by atoms with Crippen molar-refractivity contribution in [3.8, 4) is 0 Å². The van der Waals surface area contributed by atoms with Gasteiger partial charge in [0, 0.05) is 11.4 Å². The van der Waals surface area contributed by atoms with Crippen molar-refractivity contribution in [3.63, 3.8) is 0 Å². The number of para-hydroxylation sites is 1. The van der Waals surface area contributed by atoms with Crippen LogP contribution in [0.1, 0.15) is 5.56 Å². The first-order valence-corrected chi connectivity index (χ1v) is 6.86. The largest absolute Gasteiger partial charge is 0.317 e. The molecule has 0 aliphatic heterocycles. The van der Waals surface area contributed by atoms with E-state index in [4.69, 9.17) is 0 Å². The average Bonchev–Trinajstić information content (AvgIpc) is 2.41. The zero-order valence-corrected chi connectivity index (χ0v) is 10.8. The van der Waals surface area contributed by atoms with E-state index in [0.717, 1.165) is 17.9 Å². The zero-order chi connectivity index (χ0) is 12.6. The number of hydrogen-bond acceptors (Lipinski definition) is 2. The van der Waals surface area contributed by atoms with Crippen molar-refractivity contribution < 1.29 is 4.79 Å². The van der Waals surface area contributed by atoms with Crippen LogP contribution < -0.4 is 5.32 Å². The van der Waals surface area contributed by atoms with E-state index in [1.807, 2.05) is 48.5 Å². The number of aryl methyl sites for hydroxylation is 1. The van der Waals surface area contributed by atoms with Crippen LogP contribution in [0.2, 0.25) is 0 Å². The highest BCUT2D eigenvalue weighted by molar-refractivity contribution is 8.13. The molecule has 0 unspecified atom stereocenters. The highest BCUT2D eigenvalue weighted by Gasteiger charge is 2.02. The maximum absolute atomic E-state index is 11.7. The summed E-state index contributed by atoms with van der Waals surface area (Å²) in [6, 6.07) is 19.7. The minimum Gasteiger partial charge on any atom is -0.317 e. The first kappa shape index (κ1) is 12.7. The van der Waals surface area contributed by atoms with Gasteiger partial charge in [-0.3, -0.25) is 4.79 Å². The van der Waals surface area contributed by atoms with Gasteiger partial charge in [0.2, 0.25) is 0 Å². The van der Waals surface area contributed by atoms with Crippen LogP contribution >= 0.6 is 11.8 Å². The molecule has 0 bridgehead atoms. The fourth-order valence-corrected chi connectivity index (χ4v) is 2.29. The van der Waals surface area contributed by atoms with Gasteiger partial charge in [-0.2, -0.15) is 0 Å². The first-order valence-electron chi connectivity index (χ1n) is 5.87. The van der Waals surface area contributed by atoms with Crippen LogP contribution in [0.15, 0.2) is 60.7 Å². The van der Waals surface area contributed by atoms with Gasteiger partial charge >= 0.3 is 0 Å². The van der Waals surface area contributed by atoms with Crippen LogP contribution in [0.3, 0.4) is 0 Å². The minimum absolute atomic E-state index is 0.00266. The molecule has 0 aliphatic carbocycles. The summed E-state index contributed by atoms with van der Waals surface area (Å²) in [5, 5.41) is 2.85. The molecular formula is C15H15NOS. The average molecular weight is 257 g/mol. The second kappa shape index (κ2) is 6.87. The summed E-state index contributed by atoms with van der Waals surface area (Å²) < 4.78 is 0. The van der Waals surface area contributed by atoms with Crippen LogP contribution in [0.5, 0.6) is 0 Å². The van der Waals surface area contributed by atoms with E-state index < -0.39 is 0 Å². The van der Waals surface area contributed by atoms with Gasteiger partial charge in [-0.15, -0.1) is 0 Å². The monoisotopic (exact) mass is 257 g/mol. The van der Waals surface area contributed by atoms with Crippen LogP contribution in [-0.2, 0) is 6.42 Å². The lowest BCUT2D eigenvalue weighted by molar-refractivity contribution is 0.270. The van der Waals surface area contributed by atoms with Gasteiger partial charge in [-0.25, -0.2) is 0 Å². The Hall–Kier alpha value is -1.74. The van der Waals surface area contributed by atoms with Gasteiger partial charge in [-0.05, 0) is 24.1 Å². The summed E-state index contributed by atoms with van der Waals surface area (Å²) in [5.41, 5.74) is 2.10. The fraction of sp³-hybridized carbons (Fsp3) is 0.133. The normalized spacial score (nSPS) is 10.0. The summed E-state index contributed by atoms with van der Waals surface area (Å²) in [6.45, 7) is 0. The van der Waals surface area contributed by atoms with Crippen molar-refractivity contribution in [1.82, 2.24) is 0 Å². The predicted octanol–water partition coefficient (Wildman–Crippen LogP) is 4.19. The molecule has 18 heavy (non-hydrogen) atoms. The van der Waals surface area contributed by atoms with Gasteiger partial charge in [0.25, 0.3) is 5.24 Å². The van der Waals surface area contributed by atoms with E-state index in [1.54, 1.807) is 0 Å². The molecular weight excluding hydrogens is 242 g/mol. The molecule has 2 aromatic carbocycles. The summed E-state index contributed by atoms with van der Waals surface area (Å²) in [5.74, 6) is 0.794. The lowest BCUT2D eigenvalue weighted by atomic mass is 10.2. The van der Waals surface area contributed by atoms with Crippen molar-refractivity contribution in [2.24, 2.45) is 0 Å². The molecule has 0 fully saturated rings. The summed E-state index contributed by atoms with van der Waals surface area (Å²) in [7, 11) is 0. The van der Waals surface area contributed by atoms with E-state index in [0.29, 0.717) is 0 Å². The molecule has 0 saturated carbocycles. The molecule has 1 amide bonds. The Balaban J connectivity index is 1.73. The Morgan fingerprint density at radius 1 is 0.944 bits per heavy atom. The van der Waals surface area contributed by atoms with E-state index in [9.17, 15) is 4.79 Å². The molecule has 2 nitrogen and oxygen atoms in total. The van der Waals surface area contributed by atoms with Crippen molar-refractivity contribution in [2.45, 2.75) is 6.42 Å². The van der Waals surface area contributed by atoms with Gasteiger partial charge in [0.1, 0.15) is 0 Å². The Morgan fingerprint density at radius 3 is 2.22 bits per heavy atom. The fourth-order valence-electron chi connectivity index (χ4n) is 1.58. The topological polar surface area (TPSA) is 29.1 Å². The molecule has 2 rings (SSSR count). The Labute approximate surface area is 111 Å². The first-order chi connectivity index (χ1) is 8.84. The quantitative estimate of drug-likeness (QED) is 0.889. The van der Waals surface area contributed by atoms with Crippen molar-refractivity contribution >= 4 is 22.7 Å². The number of nitrogens with one attached hydrogen (secondary N) is 1. The molecule has 0 aliphatic rings. The number of carbonyl (C=O) groups excluding carboxylic acids is 1. The van der Waals surface area contributed by atoms with Gasteiger partial charge in [0.15, 0.2) is 0 Å². The summed E-state index contributed by atoms with van der Waals surface area (Å²) >= 11 is 1.32. The van der Waals surface area contributed by atoms with Crippen molar-refractivity contribution in [2.75, 3.05) is 11.1 Å². The van der Waals surface area contributed by atoms with Gasteiger partial charge in [0.05, 0.1) is 0 Å². The number of carbonyl (C=O) groups is 1. The zero-order valence-electron chi connectivity index (χ0n) is 10.0. The Kier molecular flexibility index (Phi) is 4.85. The number of benzene rings is 2. The number of rotatable bonds is 4. The van der Waals surface area contributed by atoms with E-state index >= 15 is 0 Å². The highest BCUT2D eigenvalue weighted by atomic mass is 32.2. The summed E-state index contributed by atoms with van der Waals surface area (Å²) in [6.07, 6.45) is 0.910. The molecule has 2 aromatic rings. The number of thioether (sulfide) groups is 1. The van der Waals surface area contributed by atoms with E-state index in [2.05, 4.69) is 17.4 Å². The highest BCUT2D eigenvalue weighted by Crippen LogP contribution is 2.12. The van der Waals surface area contributed by atoms with Gasteiger partial charge in [-0.1, -0.05) is 60.3 Å². The lowest BCUT2D eigenvalue weighted by Crippen LogP contribution is -2.06. The SMILES string of the molecule is O=C(Nc1ccccc1)SCCc1ccccc1. The van der Waals surface area contributed by atoms with Crippen LogP contribution in [0, 0.1) is 0 Å². The predicted molar refractivity (Wildman–Crippen MR) is 78.1 cm³/mol. The smallest absolute Gasteiger partial charge is 0.283 e. The van der Waals surface area contributed by atoms with Crippen LogP contribution in [-0.4, -0.2) is 11.0 Å². The maximum atomic E-state index is 11.7. The van der Waals surface area contributed by atoms with Crippen molar-refractivity contribution in [1.29, 1.82) is 0 Å². The molecule has 3 heteroatoms. The van der Waals surface area contributed by atoms with Crippen LogP contribution in [0.25, 0.3) is 0 Å². The third kappa shape index (κ3) is 4.26. The number of anilines is 1. The number of hydrogen-bond donors (Lipinski definition) is 1. The van der Waals surface area contributed by atoms with Crippen LogP contribution in [0.4, 0.5) is 10.5 Å². The third-order valence-corrected chi connectivity index (χ3v) is 3.26. The number of amides is 1. The lowest BCUT2D eigenvalue weighted by Gasteiger charge is -2.04. The summed E-state index contributed by atoms with van der Waals surface area (Å²) in [4.78, 5) is 11.7. The molecule has 1 N–H and O–H groups in total. The molecule has 0 atom stereocenters. The minimum atomic E-state index is -0.00266. The molecule has 0 heterocycles. The van der Waals surface area contributed by atoms with E-state index in [-0.39, 0.29) is 5.24 Å². The second-order valence-corrected chi connectivity index (χ2v) is 4.93. The molecule has 92 valence electrons. The van der Waals surface area contributed by atoms with Gasteiger partial charge < -0.3 is 5.32 Å². The molecule has 0 saturated heterocycles.